The van der Waals surface area contributed by atoms with Gasteiger partial charge in [0.25, 0.3) is 5.91 Å². The maximum atomic E-state index is 12.0. The maximum absolute atomic E-state index is 12.0. The van der Waals surface area contributed by atoms with E-state index in [-0.39, 0.29) is 11.3 Å². The molecule has 2 aromatic rings. The third-order valence-electron chi connectivity index (χ3n) is 3.27. The number of hydrazone groups is 1. The Labute approximate surface area is 139 Å². The fraction of sp³-hybridized carbons (Fsp3) is 0.222. The van der Waals surface area contributed by atoms with Gasteiger partial charge >= 0.3 is 0 Å². The van der Waals surface area contributed by atoms with Crippen LogP contribution in [0.2, 0.25) is 0 Å². The molecular weight excluding hydrogens is 340 g/mol. The number of halogens is 1. The number of rotatable bonds is 3. The van der Waals surface area contributed by atoms with E-state index in [9.17, 15) is 4.79 Å². The minimum absolute atomic E-state index is 0.128. The normalized spacial score (nSPS) is 11.6. The molecule has 2 aromatic carbocycles. The van der Waals surface area contributed by atoms with E-state index in [1.54, 1.807) is 12.3 Å². The summed E-state index contributed by atoms with van der Waals surface area (Å²) >= 11 is 3.35. The number of amides is 1. The first-order valence-electron chi connectivity index (χ1n) is 7.06. The molecule has 0 saturated carbocycles. The molecule has 0 aliphatic carbocycles. The van der Waals surface area contributed by atoms with Gasteiger partial charge in [-0.05, 0) is 44.6 Å². The number of nitrogens with one attached hydrogen (secondary N) is 1. The number of benzene rings is 2. The van der Waals surface area contributed by atoms with Crippen molar-refractivity contribution in [2.24, 2.45) is 5.10 Å². The van der Waals surface area contributed by atoms with Crippen LogP contribution >= 0.6 is 15.9 Å². The van der Waals surface area contributed by atoms with Crippen molar-refractivity contribution < 1.29 is 4.79 Å². The lowest BCUT2D eigenvalue weighted by atomic mass is 9.87. The van der Waals surface area contributed by atoms with Crippen molar-refractivity contribution in [1.82, 2.24) is 5.43 Å². The highest BCUT2D eigenvalue weighted by molar-refractivity contribution is 9.10. The second-order valence-corrected chi connectivity index (χ2v) is 6.91. The average Bonchev–Trinajstić information content (AvgIpc) is 2.47. The molecule has 0 aliphatic rings. The van der Waals surface area contributed by atoms with Crippen LogP contribution in [-0.2, 0) is 5.41 Å². The summed E-state index contributed by atoms with van der Waals surface area (Å²) in [7, 11) is 0. The molecule has 0 aliphatic heterocycles. The van der Waals surface area contributed by atoms with Crippen LogP contribution in [0.4, 0.5) is 0 Å². The molecule has 1 N–H and O–H groups in total. The molecule has 0 atom stereocenters. The van der Waals surface area contributed by atoms with E-state index in [0.717, 1.165) is 10.0 Å². The predicted octanol–water partition coefficient (Wildman–Crippen LogP) is 4.51. The summed E-state index contributed by atoms with van der Waals surface area (Å²) < 4.78 is 0.747. The minimum Gasteiger partial charge on any atom is -0.267 e. The number of nitrogens with zero attached hydrogens (tertiary/aromatic N) is 1. The molecule has 0 unspecified atom stereocenters. The Balaban J connectivity index is 2.01. The largest absolute Gasteiger partial charge is 0.272 e. The van der Waals surface area contributed by atoms with Gasteiger partial charge in [0.05, 0.1) is 11.8 Å². The molecule has 0 aromatic heterocycles. The van der Waals surface area contributed by atoms with Crippen LogP contribution < -0.4 is 5.43 Å². The van der Waals surface area contributed by atoms with Gasteiger partial charge in [-0.2, -0.15) is 5.10 Å². The van der Waals surface area contributed by atoms with Crippen molar-refractivity contribution in [1.29, 1.82) is 0 Å². The Morgan fingerprint density at radius 1 is 1.09 bits per heavy atom. The van der Waals surface area contributed by atoms with Crippen LogP contribution in [0.3, 0.4) is 0 Å². The smallest absolute Gasteiger partial charge is 0.267 e. The molecule has 2 rings (SSSR count). The summed E-state index contributed by atoms with van der Waals surface area (Å²) in [5.41, 5.74) is 5.43. The molecular formula is C18H19BrN2O. The quantitative estimate of drug-likeness (QED) is 0.636. The van der Waals surface area contributed by atoms with E-state index in [0.29, 0.717) is 5.56 Å². The molecule has 22 heavy (non-hydrogen) atoms. The van der Waals surface area contributed by atoms with Gasteiger partial charge in [-0.1, -0.05) is 57.2 Å². The second-order valence-electron chi connectivity index (χ2n) is 6.05. The Morgan fingerprint density at radius 3 is 2.32 bits per heavy atom. The van der Waals surface area contributed by atoms with E-state index in [1.165, 1.54) is 5.56 Å². The van der Waals surface area contributed by atoms with Gasteiger partial charge in [0, 0.05) is 4.47 Å². The van der Waals surface area contributed by atoms with E-state index in [1.807, 2.05) is 30.3 Å². The van der Waals surface area contributed by atoms with Crippen LogP contribution in [0.15, 0.2) is 58.1 Å². The van der Waals surface area contributed by atoms with Crippen molar-refractivity contribution in [3.8, 4) is 0 Å². The van der Waals surface area contributed by atoms with Gasteiger partial charge < -0.3 is 0 Å². The predicted molar refractivity (Wildman–Crippen MR) is 94.3 cm³/mol. The number of carbonyl (C=O) groups excluding carboxylic acids is 1. The van der Waals surface area contributed by atoms with Crippen LogP contribution in [0.1, 0.15) is 42.3 Å². The SMILES string of the molecule is CC(C)(C)c1ccc(/C=N\NC(=O)c2ccccc2Br)cc1. The Morgan fingerprint density at radius 2 is 1.73 bits per heavy atom. The molecule has 0 saturated heterocycles. The molecule has 4 heteroatoms. The highest BCUT2D eigenvalue weighted by Gasteiger charge is 2.12. The van der Waals surface area contributed by atoms with E-state index in [4.69, 9.17) is 0 Å². The topological polar surface area (TPSA) is 41.5 Å². The molecule has 0 radical (unpaired) electrons. The molecule has 1 amide bonds. The van der Waals surface area contributed by atoms with Crippen LogP contribution in [0.25, 0.3) is 0 Å². The molecule has 0 spiro atoms. The number of carbonyl (C=O) groups is 1. The number of hydrogen-bond donors (Lipinski definition) is 1. The maximum Gasteiger partial charge on any atom is 0.272 e. The lowest BCUT2D eigenvalue weighted by Crippen LogP contribution is -2.18. The summed E-state index contributed by atoms with van der Waals surface area (Å²) in [5.74, 6) is -0.241. The first kappa shape index (κ1) is 16.4. The summed E-state index contributed by atoms with van der Waals surface area (Å²) in [6, 6.07) is 15.4. The lowest BCUT2D eigenvalue weighted by Gasteiger charge is -2.18. The monoisotopic (exact) mass is 358 g/mol. The molecule has 114 valence electrons. The highest BCUT2D eigenvalue weighted by Crippen LogP contribution is 2.21. The summed E-state index contributed by atoms with van der Waals surface area (Å²) in [6.45, 7) is 6.52. The summed E-state index contributed by atoms with van der Waals surface area (Å²) in [5, 5.41) is 4.01. The summed E-state index contributed by atoms with van der Waals surface area (Å²) in [4.78, 5) is 12.0. The van der Waals surface area contributed by atoms with Gasteiger partial charge in [0.2, 0.25) is 0 Å². The minimum atomic E-state index is -0.241. The molecule has 3 nitrogen and oxygen atoms in total. The van der Waals surface area contributed by atoms with Crippen molar-refractivity contribution in [3.05, 3.63) is 69.7 Å². The van der Waals surface area contributed by atoms with Crippen LogP contribution in [0, 0.1) is 0 Å². The van der Waals surface area contributed by atoms with E-state index < -0.39 is 0 Å². The first-order chi connectivity index (χ1) is 10.4. The molecule has 0 bridgehead atoms. The van der Waals surface area contributed by atoms with Crippen molar-refractivity contribution in [2.75, 3.05) is 0 Å². The van der Waals surface area contributed by atoms with Crippen molar-refractivity contribution in [3.63, 3.8) is 0 Å². The molecule has 0 heterocycles. The standard InChI is InChI=1S/C18H19BrN2O/c1-18(2,3)14-10-8-13(9-11-14)12-20-21-17(22)15-6-4-5-7-16(15)19/h4-12H,1-3H3,(H,21,22)/b20-12-. The Bertz CT molecular complexity index is 685. The zero-order valence-corrected chi connectivity index (χ0v) is 14.5. The zero-order chi connectivity index (χ0) is 16.2. The van der Waals surface area contributed by atoms with Crippen LogP contribution in [-0.4, -0.2) is 12.1 Å². The van der Waals surface area contributed by atoms with Crippen LogP contribution in [0.5, 0.6) is 0 Å². The summed E-state index contributed by atoms with van der Waals surface area (Å²) in [6.07, 6.45) is 1.64. The van der Waals surface area contributed by atoms with Gasteiger partial charge in [0.15, 0.2) is 0 Å². The fourth-order valence-electron chi connectivity index (χ4n) is 1.94. The number of hydrogen-bond acceptors (Lipinski definition) is 2. The third-order valence-corrected chi connectivity index (χ3v) is 3.97. The first-order valence-corrected chi connectivity index (χ1v) is 7.86. The molecule has 0 fully saturated rings. The zero-order valence-electron chi connectivity index (χ0n) is 12.9. The van der Waals surface area contributed by atoms with Gasteiger partial charge in [-0.15, -0.1) is 0 Å². The average molecular weight is 359 g/mol. The van der Waals surface area contributed by atoms with E-state index >= 15 is 0 Å². The van der Waals surface area contributed by atoms with Gasteiger partial charge in [-0.3, -0.25) is 4.79 Å². The van der Waals surface area contributed by atoms with Gasteiger partial charge in [-0.25, -0.2) is 5.43 Å². The highest BCUT2D eigenvalue weighted by atomic mass is 79.9. The fourth-order valence-corrected chi connectivity index (χ4v) is 2.41. The lowest BCUT2D eigenvalue weighted by molar-refractivity contribution is 0.0954. The van der Waals surface area contributed by atoms with Crippen molar-refractivity contribution >= 4 is 28.1 Å². The van der Waals surface area contributed by atoms with E-state index in [2.05, 4.69) is 59.4 Å². The third kappa shape index (κ3) is 4.28. The van der Waals surface area contributed by atoms with Gasteiger partial charge in [0.1, 0.15) is 0 Å². The second kappa shape index (κ2) is 6.88. The Kier molecular flexibility index (Phi) is 5.14. The van der Waals surface area contributed by atoms with Crippen molar-refractivity contribution in [2.45, 2.75) is 26.2 Å². The Hall–Kier alpha value is -1.94.